The van der Waals surface area contributed by atoms with Gasteiger partial charge in [0.2, 0.25) is 0 Å². The van der Waals surface area contributed by atoms with Gasteiger partial charge in [0.05, 0.1) is 4.92 Å². The number of halogens is 2. The van der Waals surface area contributed by atoms with Crippen LogP contribution in [0.25, 0.3) is 0 Å². The maximum atomic E-state index is 10.9. The molecule has 1 aliphatic rings. The third-order valence-electron chi connectivity index (χ3n) is 3.71. The Morgan fingerprint density at radius 2 is 1.95 bits per heavy atom. The van der Waals surface area contributed by atoms with E-state index in [9.17, 15) is 10.1 Å². The van der Waals surface area contributed by atoms with Crippen molar-refractivity contribution in [2.45, 2.75) is 38.1 Å². The number of nitrogens with zero attached hydrogens (tertiary/aromatic N) is 1. The Morgan fingerprint density at radius 1 is 1.32 bits per heavy atom. The molecule has 1 aromatic carbocycles. The van der Waals surface area contributed by atoms with Gasteiger partial charge in [0, 0.05) is 12.1 Å². The first kappa shape index (κ1) is 16.2. The van der Waals surface area contributed by atoms with Crippen molar-refractivity contribution < 1.29 is 4.92 Å². The number of nitro groups is 1. The fourth-order valence-electron chi connectivity index (χ4n) is 2.64. The summed E-state index contributed by atoms with van der Waals surface area (Å²) in [6.45, 7) is 0. The van der Waals surface area contributed by atoms with Crippen molar-refractivity contribution in [3.63, 3.8) is 0 Å². The summed E-state index contributed by atoms with van der Waals surface area (Å²) in [6.07, 6.45) is 5.89. The molecule has 0 bridgehead atoms. The second kappa shape index (κ2) is 7.08. The topological polar surface area (TPSA) is 69.2 Å². The van der Waals surface area contributed by atoms with Crippen LogP contribution in [0.3, 0.4) is 0 Å². The summed E-state index contributed by atoms with van der Waals surface area (Å²) in [5, 5.41) is 11.0. The van der Waals surface area contributed by atoms with Crippen molar-refractivity contribution in [2.24, 2.45) is 11.7 Å². The third-order valence-corrected chi connectivity index (χ3v) is 4.03. The first-order chi connectivity index (χ1) is 8.59. The quantitative estimate of drug-likeness (QED) is 0.670. The summed E-state index contributed by atoms with van der Waals surface area (Å²) in [7, 11) is 0. The molecule has 1 aliphatic carbocycles. The van der Waals surface area contributed by atoms with Crippen LogP contribution < -0.4 is 5.73 Å². The van der Waals surface area contributed by atoms with E-state index in [1.54, 1.807) is 12.1 Å². The van der Waals surface area contributed by atoms with Crippen LogP contribution in [0.2, 0.25) is 5.02 Å². The van der Waals surface area contributed by atoms with Gasteiger partial charge in [0.25, 0.3) is 5.69 Å². The van der Waals surface area contributed by atoms with Crippen LogP contribution >= 0.6 is 24.0 Å². The van der Waals surface area contributed by atoms with Crippen LogP contribution in [0.15, 0.2) is 18.2 Å². The maximum absolute atomic E-state index is 10.9. The molecule has 1 aromatic rings. The summed E-state index contributed by atoms with van der Waals surface area (Å²) in [4.78, 5) is 10.4. The van der Waals surface area contributed by atoms with E-state index >= 15 is 0 Å². The predicted molar refractivity (Wildman–Crippen MR) is 78.9 cm³/mol. The van der Waals surface area contributed by atoms with Crippen LogP contribution in [0.1, 0.15) is 43.7 Å². The molecule has 0 amide bonds. The highest BCUT2D eigenvalue weighted by Crippen LogP contribution is 2.35. The first-order valence-corrected chi connectivity index (χ1v) is 6.67. The highest BCUT2D eigenvalue weighted by Gasteiger charge is 2.24. The highest BCUT2D eigenvalue weighted by atomic mass is 35.5. The van der Waals surface area contributed by atoms with Crippen LogP contribution in [-0.4, -0.2) is 4.92 Å². The fraction of sp³-hybridized carbons (Fsp3) is 0.538. The Morgan fingerprint density at radius 3 is 2.53 bits per heavy atom. The monoisotopic (exact) mass is 304 g/mol. The molecule has 4 nitrogen and oxygen atoms in total. The van der Waals surface area contributed by atoms with Gasteiger partial charge in [-0.05, 0) is 30.4 Å². The average Bonchev–Trinajstić information content (AvgIpc) is 2.39. The van der Waals surface area contributed by atoms with Crippen molar-refractivity contribution in [3.8, 4) is 0 Å². The molecule has 0 saturated heterocycles. The minimum Gasteiger partial charge on any atom is -0.324 e. The number of hydrogen-bond acceptors (Lipinski definition) is 3. The predicted octanol–water partition coefficient (Wildman–Crippen LogP) is 4.25. The van der Waals surface area contributed by atoms with E-state index in [4.69, 9.17) is 17.3 Å². The molecule has 106 valence electrons. The molecule has 1 fully saturated rings. The molecular weight excluding hydrogens is 287 g/mol. The van der Waals surface area contributed by atoms with Gasteiger partial charge in [-0.3, -0.25) is 10.1 Å². The number of nitrogens with two attached hydrogens (primary N) is 1. The van der Waals surface area contributed by atoms with E-state index in [-0.39, 0.29) is 29.2 Å². The molecule has 0 radical (unpaired) electrons. The lowest BCUT2D eigenvalue weighted by Gasteiger charge is -2.27. The van der Waals surface area contributed by atoms with Gasteiger partial charge < -0.3 is 5.73 Å². The van der Waals surface area contributed by atoms with Gasteiger partial charge in [-0.1, -0.05) is 36.9 Å². The van der Waals surface area contributed by atoms with Gasteiger partial charge in [-0.25, -0.2) is 0 Å². The number of nitro benzene ring substituents is 1. The van der Waals surface area contributed by atoms with Crippen molar-refractivity contribution in [1.29, 1.82) is 0 Å². The molecule has 0 aromatic heterocycles. The largest absolute Gasteiger partial charge is 0.324 e. The average molecular weight is 305 g/mol. The first-order valence-electron chi connectivity index (χ1n) is 6.29. The van der Waals surface area contributed by atoms with Crippen LogP contribution in [0.4, 0.5) is 5.69 Å². The molecule has 2 rings (SSSR count). The van der Waals surface area contributed by atoms with Crippen molar-refractivity contribution in [2.75, 3.05) is 0 Å². The van der Waals surface area contributed by atoms with E-state index in [2.05, 4.69) is 0 Å². The Hall–Kier alpha value is -0.840. The zero-order valence-corrected chi connectivity index (χ0v) is 12.1. The fourth-order valence-corrected chi connectivity index (χ4v) is 2.83. The van der Waals surface area contributed by atoms with E-state index in [0.29, 0.717) is 5.92 Å². The molecule has 1 saturated carbocycles. The summed E-state index contributed by atoms with van der Waals surface area (Å²) in [5.74, 6) is 0.430. The summed E-state index contributed by atoms with van der Waals surface area (Å²) in [6, 6.07) is 4.76. The van der Waals surface area contributed by atoms with Crippen molar-refractivity contribution in [3.05, 3.63) is 38.9 Å². The Kier molecular flexibility index (Phi) is 6.04. The second-order valence-electron chi connectivity index (χ2n) is 4.89. The van der Waals surface area contributed by atoms with E-state index < -0.39 is 4.92 Å². The molecule has 1 atom stereocenters. The second-order valence-corrected chi connectivity index (χ2v) is 5.30. The lowest BCUT2D eigenvalue weighted by atomic mass is 9.81. The Bertz CT molecular complexity index is 448. The summed E-state index contributed by atoms with van der Waals surface area (Å²) >= 11 is 5.80. The molecule has 0 spiro atoms. The summed E-state index contributed by atoms with van der Waals surface area (Å²) < 4.78 is 0. The van der Waals surface area contributed by atoms with E-state index in [0.717, 1.165) is 18.4 Å². The molecule has 6 heteroatoms. The van der Waals surface area contributed by atoms with Crippen molar-refractivity contribution >= 4 is 29.7 Å². The van der Waals surface area contributed by atoms with Gasteiger partial charge in [-0.2, -0.15) is 0 Å². The molecule has 0 unspecified atom stereocenters. The molecule has 19 heavy (non-hydrogen) atoms. The zero-order valence-electron chi connectivity index (χ0n) is 10.5. The molecular formula is C13H18Cl2N2O2. The van der Waals surface area contributed by atoms with E-state index in [1.165, 1.54) is 25.3 Å². The lowest BCUT2D eigenvalue weighted by molar-refractivity contribution is -0.384. The van der Waals surface area contributed by atoms with Gasteiger partial charge >= 0.3 is 0 Å². The molecule has 0 aliphatic heterocycles. The number of rotatable bonds is 3. The maximum Gasteiger partial charge on any atom is 0.288 e. The van der Waals surface area contributed by atoms with Crippen LogP contribution in [0.5, 0.6) is 0 Å². The summed E-state index contributed by atoms with van der Waals surface area (Å²) in [5.41, 5.74) is 6.99. The van der Waals surface area contributed by atoms with Crippen molar-refractivity contribution in [1.82, 2.24) is 0 Å². The Balaban J connectivity index is 0.00000180. The smallest absolute Gasteiger partial charge is 0.288 e. The highest BCUT2D eigenvalue weighted by molar-refractivity contribution is 6.32. The number of benzene rings is 1. The SMILES string of the molecule is Cl.N[C@H](c1ccc(Cl)c([N+](=O)[O-])c1)C1CCCCC1. The van der Waals surface area contributed by atoms with Crippen LogP contribution in [-0.2, 0) is 0 Å². The van der Waals surface area contributed by atoms with Gasteiger partial charge in [0.1, 0.15) is 5.02 Å². The molecule has 2 N–H and O–H groups in total. The third kappa shape index (κ3) is 3.81. The zero-order chi connectivity index (χ0) is 13.1. The van der Waals surface area contributed by atoms with Crippen LogP contribution in [0, 0.1) is 16.0 Å². The van der Waals surface area contributed by atoms with Gasteiger partial charge in [0.15, 0.2) is 0 Å². The van der Waals surface area contributed by atoms with Gasteiger partial charge in [-0.15, -0.1) is 12.4 Å². The minimum atomic E-state index is -0.459. The standard InChI is InChI=1S/C13H17ClN2O2.ClH/c14-11-7-6-10(8-12(11)16(17)18)13(15)9-4-2-1-3-5-9;/h6-9,13H,1-5,15H2;1H/t13-;/m0./s1. The molecule has 0 heterocycles. The van der Waals surface area contributed by atoms with E-state index in [1.807, 2.05) is 0 Å². The number of hydrogen-bond donors (Lipinski definition) is 1. The normalized spacial score (nSPS) is 17.6. The minimum absolute atomic E-state index is 0. The lowest BCUT2D eigenvalue weighted by Crippen LogP contribution is -2.23. The Labute approximate surface area is 123 Å².